The Hall–Kier alpha value is -2.21. The van der Waals surface area contributed by atoms with Crippen molar-refractivity contribution in [1.82, 2.24) is 0 Å². The van der Waals surface area contributed by atoms with Crippen LogP contribution in [0, 0.1) is 12.7 Å². The standard InChI is InChI=1S/C16H14FNO3S/c1-11-6-7-13(17)16(10-11)22(20,21)18-9-8-15(19)12-4-2-3-5-14(12)18/h2-7,10H,8-9H2,1H3. The molecule has 0 atom stereocenters. The number of benzene rings is 2. The van der Waals surface area contributed by atoms with E-state index in [2.05, 4.69) is 0 Å². The lowest BCUT2D eigenvalue weighted by Gasteiger charge is -2.29. The van der Waals surface area contributed by atoms with E-state index < -0.39 is 15.8 Å². The molecule has 1 aliphatic rings. The zero-order valence-electron chi connectivity index (χ0n) is 11.9. The molecule has 0 radical (unpaired) electrons. The summed E-state index contributed by atoms with van der Waals surface area (Å²) < 4.78 is 40.7. The summed E-state index contributed by atoms with van der Waals surface area (Å²) in [6.07, 6.45) is 0.0870. The maximum absolute atomic E-state index is 14.0. The molecule has 22 heavy (non-hydrogen) atoms. The first kappa shape index (κ1) is 14.7. The largest absolute Gasteiger partial charge is 0.294 e. The summed E-state index contributed by atoms with van der Waals surface area (Å²) >= 11 is 0. The molecule has 4 nitrogen and oxygen atoms in total. The van der Waals surface area contributed by atoms with Gasteiger partial charge in [0.1, 0.15) is 10.7 Å². The van der Waals surface area contributed by atoms with Crippen molar-refractivity contribution in [3.8, 4) is 0 Å². The van der Waals surface area contributed by atoms with Crippen LogP contribution in [0.15, 0.2) is 47.4 Å². The number of ketones is 1. The normalized spacial score (nSPS) is 14.8. The molecular formula is C16H14FNO3S. The Morgan fingerprint density at radius 1 is 1.14 bits per heavy atom. The number of hydrogen-bond acceptors (Lipinski definition) is 3. The number of rotatable bonds is 2. The van der Waals surface area contributed by atoms with Crippen LogP contribution in [-0.4, -0.2) is 20.7 Å². The Morgan fingerprint density at radius 3 is 2.64 bits per heavy atom. The Labute approximate surface area is 128 Å². The molecule has 2 aromatic rings. The number of fused-ring (bicyclic) bond motifs is 1. The van der Waals surface area contributed by atoms with Gasteiger partial charge in [0.2, 0.25) is 0 Å². The van der Waals surface area contributed by atoms with Gasteiger partial charge in [-0.25, -0.2) is 12.8 Å². The third kappa shape index (κ3) is 2.29. The first-order valence-electron chi connectivity index (χ1n) is 6.82. The van der Waals surface area contributed by atoms with Gasteiger partial charge in [-0.05, 0) is 36.8 Å². The second-order valence-corrected chi connectivity index (χ2v) is 7.03. The van der Waals surface area contributed by atoms with E-state index in [9.17, 15) is 17.6 Å². The zero-order valence-corrected chi connectivity index (χ0v) is 12.7. The molecule has 0 saturated heterocycles. The molecule has 0 saturated carbocycles. The number of Topliss-reactive ketones (excluding diaryl/α,β-unsaturated/α-hetero) is 1. The highest BCUT2D eigenvalue weighted by atomic mass is 32.2. The van der Waals surface area contributed by atoms with Crippen molar-refractivity contribution in [2.75, 3.05) is 10.8 Å². The van der Waals surface area contributed by atoms with Gasteiger partial charge in [-0.3, -0.25) is 9.10 Å². The molecule has 0 aromatic heterocycles. The molecule has 0 amide bonds. The predicted octanol–water partition coefficient (Wildman–Crippen LogP) is 2.92. The number of nitrogens with zero attached hydrogens (tertiary/aromatic N) is 1. The topological polar surface area (TPSA) is 54.5 Å². The number of para-hydroxylation sites is 1. The lowest BCUT2D eigenvalue weighted by Crippen LogP contribution is -2.37. The summed E-state index contributed by atoms with van der Waals surface area (Å²) in [5.41, 5.74) is 1.31. The second kappa shape index (κ2) is 5.21. The van der Waals surface area contributed by atoms with Gasteiger partial charge in [0.15, 0.2) is 5.78 Å². The molecule has 1 aliphatic heterocycles. The smallest absolute Gasteiger partial charge is 0.267 e. The fourth-order valence-corrected chi connectivity index (χ4v) is 4.20. The van der Waals surface area contributed by atoms with E-state index in [4.69, 9.17) is 0 Å². The molecule has 114 valence electrons. The second-order valence-electron chi connectivity index (χ2n) is 5.20. The van der Waals surface area contributed by atoms with E-state index in [1.165, 1.54) is 12.1 Å². The Balaban J connectivity index is 2.17. The van der Waals surface area contributed by atoms with Gasteiger partial charge in [0.25, 0.3) is 10.0 Å². The lowest BCUT2D eigenvalue weighted by atomic mass is 10.0. The van der Waals surface area contributed by atoms with Gasteiger partial charge < -0.3 is 0 Å². The lowest BCUT2D eigenvalue weighted by molar-refractivity contribution is 0.0982. The van der Waals surface area contributed by atoms with Crippen molar-refractivity contribution in [2.45, 2.75) is 18.2 Å². The van der Waals surface area contributed by atoms with Crippen LogP contribution >= 0.6 is 0 Å². The van der Waals surface area contributed by atoms with Crippen molar-refractivity contribution in [3.05, 3.63) is 59.4 Å². The molecule has 1 heterocycles. The Bertz CT molecular complexity index is 861. The van der Waals surface area contributed by atoms with Gasteiger partial charge in [0.05, 0.1) is 5.69 Å². The summed E-state index contributed by atoms with van der Waals surface area (Å²) in [4.78, 5) is 11.6. The van der Waals surface area contributed by atoms with Gasteiger partial charge in [-0.2, -0.15) is 0 Å². The monoisotopic (exact) mass is 319 g/mol. The highest BCUT2D eigenvalue weighted by molar-refractivity contribution is 7.92. The van der Waals surface area contributed by atoms with E-state index in [0.717, 1.165) is 10.4 Å². The number of halogens is 1. The number of aryl methyl sites for hydroxylation is 1. The highest BCUT2D eigenvalue weighted by Gasteiger charge is 2.33. The molecular weight excluding hydrogens is 305 g/mol. The van der Waals surface area contributed by atoms with Crippen molar-refractivity contribution in [2.24, 2.45) is 0 Å². The van der Waals surface area contributed by atoms with Crippen LogP contribution in [0.1, 0.15) is 22.3 Å². The third-order valence-electron chi connectivity index (χ3n) is 3.67. The highest BCUT2D eigenvalue weighted by Crippen LogP contribution is 2.32. The van der Waals surface area contributed by atoms with Crippen molar-refractivity contribution < 1.29 is 17.6 Å². The number of hydrogen-bond donors (Lipinski definition) is 0. The van der Waals surface area contributed by atoms with Gasteiger partial charge in [-0.1, -0.05) is 18.2 Å². The molecule has 0 spiro atoms. The number of carbonyl (C=O) groups excluding carboxylic acids is 1. The van der Waals surface area contributed by atoms with Crippen LogP contribution in [0.5, 0.6) is 0 Å². The van der Waals surface area contributed by atoms with Gasteiger partial charge in [-0.15, -0.1) is 0 Å². The average Bonchev–Trinajstić information content (AvgIpc) is 2.50. The van der Waals surface area contributed by atoms with E-state index in [1.54, 1.807) is 31.2 Å². The van der Waals surface area contributed by atoms with Crippen molar-refractivity contribution in [1.29, 1.82) is 0 Å². The summed E-state index contributed by atoms with van der Waals surface area (Å²) in [6.45, 7) is 1.72. The number of anilines is 1. The third-order valence-corrected chi connectivity index (χ3v) is 5.50. The van der Waals surface area contributed by atoms with Crippen molar-refractivity contribution >= 4 is 21.5 Å². The Morgan fingerprint density at radius 2 is 1.86 bits per heavy atom. The van der Waals surface area contributed by atoms with E-state index >= 15 is 0 Å². The summed E-state index contributed by atoms with van der Waals surface area (Å²) in [7, 11) is -4.05. The molecule has 2 aromatic carbocycles. The average molecular weight is 319 g/mol. The minimum Gasteiger partial charge on any atom is -0.294 e. The van der Waals surface area contributed by atoms with E-state index in [1.807, 2.05) is 0 Å². The fourth-order valence-electron chi connectivity index (χ4n) is 2.56. The molecule has 6 heteroatoms. The number of carbonyl (C=O) groups is 1. The van der Waals surface area contributed by atoms with Crippen LogP contribution < -0.4 is 4.31 Å². The van der Waals surface area contributed by atoms with Crippen LogP contribution in [0.4, 0.5) is 10.1 Å². The maximum atomic E-state index is 14.0. The van der Waals surface area contributed by atoms with Crippen LogP contribution in [0.25, 0.3) is 0 Å². The zero-order chi connectivity index (χ0) is 15.9. The molecule has 0 N–H and O–H groups in total. The minimum absolute atomic E-state index is 0.0194. The van der Waals surface area contributed by atoms with Gasteiger partial charge in [0, 0.05) is 18.5 Å². The maximum Gasteiger partial charge on any atom is 0.267 e. The van der Waals surface area contributed by atoms with Crippen LogP contribution in [0.3, 0.4) is 0 Å². The first-order chi connectivity index (χ1) is 10.4. The SMILES string of the molecule is Cc1ccc(F)c(S(=O)(=O)N2CCC(=O)c3ccccc32)c1. The van der Waals surface area contributed by atoms with Crippen LogP contribution in [0.2, 0.25) is 0 Å². The number of sulfonamides is 1. The summed E-state index contributed by atoms with van der Waals surface area (Å²) in [6, 6.07) is 10.5. The first-order valence-corrected chi connectivity index (χ1v) is 8.26. The van der Waals surface area contributed by atoms with E-state index in [-0.39, 0.29) is 23.6 Å². The molecule has 3 rings (SSSR count). The Kier molecular flexibility index (Phi) is 3.48. The summed E-state index contributed by atoms with van der Waals surface area (Å²) in [5, 5.41) is 0. The van der Waals surface area contributed by atoms with Crippen molar-refractivity contribution in [3.63, 3.8) is 0 Å². The predicted molar refractivity (Wildman–Crippen MR) is 81.1 cm³/mol. The summed E-state index contributed by atoms with van der Waals surface area (Å²) in [5.74, 6) is -0.897. The molecule has 0 aliphatic carbocycles. The molecule has 0 fully saturated rings. The van der Waals surface area contributed by atoms with Gasteiger partial charge >= 0.3 is 0 Å². The fraction of sp³-hybridized carbons (Fsp3) is 0.188. The molecule has 0 unspecified atom stereocenters. The minimum atomic E-state index is -4.05. The quantitative estimate of drug-likeness (QED) is 0.855. The molecule has 0 bridgehead atoms. The van der Waals surface area contributed by atoms with Crippen LogP contribution in [-0.2, 0) is 10.0 Å². The van der Waals surface area contributed by atoms with E-state index in [0.29, 0.717) is 16.8 Å².